The summed E-state index contributed by atoms with van der Waals surface area (Å²) in [6.45, 7) is 1.24. The fraction of sp³-hybridized carbons (Fsp3) is 0.182. The first-order chi connectivity index (χ1) is 13.5. The topological polar surface area (TPSA) is 18.5 Å². The lowest BCUT2D eigenvalue weighted by molar-refractivity contribution is -0.183. The van der Waals surface area contributed by atoms with E-state index in [0.717, 1.165) is 30.2 Å². The molecule has 0 saturated carbocycles. The van der Waals surface area contributed by atoms with Gasteiger partial charge in [-0.1, -0.05) is 30.3 Å². The lowest BCUT2D eigenvalue weighted by Gasteiger charge is -2.23. The van der Waals surface area contributed by atoms with Crippen LogP contribution in [0.15, 0.2) is 54.6 Å². The van der Waals surface area contributed by atoms with Crippen LogP contribution >= 0.6 is 0 Å². The minimum absolute atomic E-state index is 0.0672. The van der Waals surface area contributed by atoms with Crippen LogP contribution in [0.3, 0.4) is 0 Å². The molecule has 0 aliphatic carbocycles. The van der Waals surface area contributed by atoms with E-state index in [1.165, 1.54) is 12.1 Å². The van der Waals surface area contributed by atoms with Gasteiger partial charge in [0.2, 0.25) is 0 Å². The van der Waals surface area contributed by atoms with E-state index in [2.05, 4.69) is 0 Å². The van der Waals surface area contributed by atoms with Crippen molar-refractivity contribution < 1.29 is 27.0 Å². The second kappa shape index (κ2) is 7.73. The molecule has 2 nitrogen and oxygen atoms in total. The molecule has 1 aliphatic heterocycles. The summed E-state index contributed by atoms with van der Waals surface area (Å²) in [4.78, 5) is 0. The normalized spacial score (nSPS) is 15.0. The van der Waals surface area contributed by atoms with Crippen LogP contribution in [-0.2, 0) is 9.47 Å². The number of rotatable bonds is 3. The van der Waals surface area contributed by atoms with Crippen LogP contribution < -0.4 is 0 Å². The van der Waals surface area contributed by atoms with Crippen LogP contribution in [0.25, 0.3) is 22.3 Å². The van der Waals surface area contributed by atoms with E-state index in [9.17, 15) is 17.6 Å². The molecule has 0 spiro atoms. The van der Waals surface area contributed by atoms with Gasteiger partial charge in [0.15, 0.2) is 17.9 Å². The molecule has 0 radical (unpaired) electrons. The van der Waals surface area contributed by atoms with Crippen molar-refractivity contribution in [3.63, 3.8) is 0 Å². The fourth-order valence-electron chi connectivity index (χ4n) is 3.18. The molecule has 144 valence electrons. The van der Waals surface area contributed by atoms with Gasteiger partial charge in [-0.2, -0.15) is 0 Å². The Balaban J connectivity index is 1.65. The van der Waals surface area contributed by atoms with Gasteiger partial charge in [0, 0.05) is 5.56 Å². The van der Waals surface area contributed by atoms with Crippen LogP contribution in [0.5, 0.6) is 0 Å². The molecule has 0 aromatic heterocycles. The van der Waals surface area contributed by atoms with Crippen molar-refractivity contribution in [3.8, 4) is 22.3 Å². The summed E-state index contributed by atoms with van der Waals surface area (Å²) in [6, 6.07) is 12.1. The highest BCUT2D eigenvalue weighted by molar-refractivity contribution is 5.72. The summed E-state index contributed by atoms with van der Waals surface area (Å²) < 4.78 is 66.8. The van der Waals surface area contributed by atoms with E-state index in [-0.39, 0.29) is 5.56 Å². The summed E-state index contributed by atoms with van der Waals surface area (Å²) in [6.07, 6.45) is 0.407. The van der Waals surface area contributed by atoms with E-state index in [1.807, 2.05) is 0 Å². The fourth-order valence-corrected chi connectivity index (χ4v) is 3.18. The SMILES string of the molecule is Fc1ccc(-c2c(F)cc(-c3ccc(C4OCCCO4)cc3)cc2F)cc1F. The lowest BCUT2D eigenvalue weighted by Crippen LogP contribution is -2.17. The smallest absolute Gasteiger partial charge is 0.183 e. The molecule has 3 aromatic carbocycles. The van der Waals surface area contributed by atoms with Crippen molar-refractivity contribution in [1.29, 1.82) is 0 Å². The van der Waals surface area contributed by atoms with Gasteiger partial charge >= 0.3 is 0 Å². The molecule has 4 rings (SSSR count). The Morgan fingerprint density at radius 1 is 0.607 bits per heavy atom. The van der Waals surface area contributed by atoms with E-state index in [0.29, 0.717) is 24.3 Å². The average Bonchev–Trinajstić information content (AvgIpc) is 2.71. The second-order valence-corrected chi connectivity index (χ2v) is 6.49. The molecule has 1 aliphatic rings. The Kier molecular flexibility index (Phi) is 5.15. The molecule has 0 amide bonds. The van der Waals surface area contributed by atoms with Crippen molar-refractivity contribution in [3.05, 3.63) is 83.4 Å². The Hall–Kier alpha value is -2.70. The summed E-state index contributed by atoms with van der Waals surface area (Å²) in [5.41, 5.74) is 1.29. The van der Waals surface area contributed by atoms with Crippen molar-refractivity contribution in [2.75, 3.05) is 13.2 Å². The summed E-state index contributed by atoms with van der Waals surface area (Å²) in [7, 11) is 0. The van der Waals surface area contributed by atoms with Crippen LogP contribution in [0, 0.1) is 23.3 Å². The molecule has 3 aromatic rings. The van der Waals surface area contributed by atoms with Gasteiger partial charge in [0.05, 0.1) is 18.8 Å². The number of benzene rings is 3. The number of halogens is 4. The first kappa shape index (κ1) is 18.7. The standard InChI is InChI=1S/C22H16F4O2/c23-17-7-6-15(10-18(17)24)21-19(25)11-16(12-20(21)26)13-2-4-14(5-3-13)22-27-8-1-9-28-22/h2-7,10-12,22H,1,8-9H2. The first-order valence-corrected chi connectivity index (χ1v) is 8.81. The van der Waals surface area contributed by atoms with Crippen LogP contribution in [0.1, 0.15) is 18.3 Å². The monoisotopic (exact) mass is 388 g/mol. The van der Waals surface area contributed by atoms with Gasteiger partial charge in [-0.05, 0) is 47.4 Å². The Morgan fingerprint density at radius 2 is 1.18 bits per heavy atom. The zero-order valence-electron chi connectivity index (χ0n) is 14.7. The average molecular weight is 388 g/mol. The largest absolute Gasteiger partial charge is 0.348 e. The quantitative estimate of drug-likeness (QED) is 0.512. The van der Waals surface area contributed by atoms with Crippen molar-refractivity contribution in [2.24, 2.45) is 0 Å². The molecule has 6 heteroatoms. The van der Waals surface area contributed by atoms with Gasteiger partial charge in [0.1, 0.15) is 11.6 Å². The number of hydrogen-bond acceptors (Lipinski definition) is 2. The van der Waals surface area contributed by atoms with Crippen molar-refractivity contribution in [1.82, 2.24) is 0 Å². The third kappa shape index (κ3) is 3.66. The number of ether oxygens (including phenoxy) is 2. The lowest BCUT2D eigenvalue weighted by atomic mass is 9.98. The summed E-state index contributed by atoms with van der Waals surface area (Å²) in [5, 5.41) is 0. The van der Waals surface area contributed by atoms with Gasteiger partial charge < -0.3 is 9.47 Å². The molecule has 28 heavy (non-hydrogen) atoms. The summed E-state index contributed by atoms with van der Waals surface area (Å²) >= 11 is 0. The van der Waals surface area contributed by atoms with Crippen LogP contribution in [-0.4, -0.2) is 13.2 Å². The minimum Gasteiger partial charge on any atom is -0.348 e. The maximum Gasteiger partial charge on any atom is 0.183 e. The Labute approximate surface area is 159 Å². The van der Waals surface area contributed by atoms with E-state index < -0.39 is 35.1 Å². The van der Waals surface area contributed by atoms with Crippen LogP contribution in [0.2, 0.25) is 0 Å². The number of hydrogen-bond donors (Lipinski definition) is 0. The zero-order valence-corrected chi connectivity index (χ0v) is 14.7. The van der Waals surface area contributed by atoms with Gasteiger partial charge in [-0.3, -0.25) is 0 Å². The van der Waals surface area contributed by atoms with E-state index in [4.69, 9.17) is 9.47 Å². The maximum absolute atomic E-state index is 14.6. The first-order valence-electron chi connectivity index (χ1n) is 8.81. The molecule has 0 bridgehead atoms. The second-order valence-electron chi connectivity index (χ2n) is 6.49. The molecular weight excluding hydrogens is 372 g/mol. The van der Waals surface area contributed by atoms with Gasteiger partial charge in [-0.15, -0.1) is 0 Å². The Bertz CT molecular complexity index is 973. The molecule has 1 saturated heterocycles. The molecular formula is C22H16F4O2. The van der Waals surface area contributed by atoms with Crippen LogP contribution in [0.4, 0.5) is 17.6 Å². The third-order valence-electron chi connectivity index (χ3n) is 4.59. The molecule has 0 N–H and O–H groups in total. The highest BCUT2D eigenvalue weighted by atomic mass is 19.2. The predicted octanol–water partition coefficient (Wildman–Crippen LogP) is 6.01. The predicted molar refractivity (Wildman–Crippen MR) is 96.4 cm³/mol. The third-order valence-corrected chi connectivity index (χ3v) is 4.59. The van der Waals surface area contributed by atoms with Crippen molar-refractivity contribution in [2.45, 2.75) is 12.7 Å². The molecule has 0 unspecified atom stereocenters. The van der Waals surface area contributed by atoms with Gasteiger partial charge in [0.25, 0.3) is 0 Å². The molecule has 1 fully saturated rings. The molecule has 0 atom stereocenters. The summed E-state index contributed by atoms with van der Waals surface area (Å²) in [5.74, 6) is -3.96. The minimum atomic E-state index is -1.16. The van der Waals surface area contributed by atoms with E-state index >= 15 is 0 Å². The highest BCUT2D eigenvalue weighted by Crippen LogP contribution is 2.32. The van der Waals surface area contributed by atoms with Gasteiger partial charge in [-0.25, -0.2) is 17.6 Å². The van der Waals surface area contributed by atoms with E-state index in [1.54, 1.807) is 24.3 Å². The maximum atomic E-state index is 14.6. The molecule has 1 heterocycles. The van der Waals surface area contributed by atoms with Crippen molar-refractivity contribution >= 4 is 0 Å². The Morgan fingerprint density at radius 3 is 1.79 bits per heavy atom. The highest BCUT2D eigenvalue weighted by Gasteiger charge is 2.18. The zero-order chi connectivity index (χ0) is 19.7.